The van der Waals surface area contributed by atoms with Crippen molar-refractivity contribution in [1.29, 1.82) is 0 Å². The number of carboxylic acid groups (broad SMARTS) is 1. The molecule has 0 aliphatic rings. The van der Waals surface area contributed by atoms with E-state index in [1.165, 1.54) is 6.20 Å². The molecule has 0 unspecified atom stereocenters. The molecule has 0 spiro atoms. The summed E-state index contributed by atoms with van der Waals surface area (Å²) in [5, 5.41) is 12.4. The number of benzene rings is 2. The molecule has 2 aromatic rings. The molecule has 0 saturated carbocycles. The fourth-order valence-corrected chi connectivity index (χ4v) is 1.95. The minimum absolute atomic E-state index is 0.147. The van der Waals surface area contributed by atoms with Crippen molar-refractivity contribution in [2.45, 2.75) is 0 Å². The van der Waals surface area contributed by atoms with Crippen molar-refractivity contribution in [2.24, 2.45) is 0 Å². The molecular weight excluding hydrogens is 282 g/mol. The maximum Gasteiger partial charge on any atom is 0.337 e. The van der Waals surface area contributed by atoms with Crippen molar-refractivity contribution in [3.63, 3.8) is 0 Å². The molecule has 0 bridgehead atoms. The summed E-state index contributed by atoms with van der Waals surface area (Å²) in [6.07, 6.45) is 1.45. The van der Waals surface area contributed by atoms with Crippen LogP contribution in [0, 0.1) is 0 Å². The molecule has 114 valence electrons. The fourth-order valence-electron chi connectivity index (χ4n) is 1.95. The Labute approximate surface area is 128 Å². The highest BCUT2D eigenvalue weighted by Crippen LogP contribution is 2.25. The Hall–Kier alpha value is -2.95. The number of rotatable bonds is 6. The van der Waals surface area contributed by atoms with E-state index in [2.05, 4.69) is 5.32 Å². The largest absolute Gasteiger partial charge is 0.497 e. The van der Waals surface area contributed by atoms with Gasteiger partial charge in [-0.3, -0.25) is 0 Å². The molecule has 0 amide bonds. The summed E-state index contributed by atoms with van der Waals surface area (Å²) >= 11 is 0. The molecule has 0 fully saturated rings. The molecule has 0 heterocycles. The third kappa shape index (κ3) is 3.58. The molecule has 0 aliphatic heterocycles. The van der Waals surface area contributed by atoms with Crippen LogP contribution in [0.3, 0.4) is 0 Å². The van der Waals surface area contributed by atoms with E-state index in [1.807, 2.05) is 18.2 Å². The van der Waals surface area contributed by atoms with E-state index in [-0.39, 0.29) is 5.57 Å². The summed E-state index contributed by atoms with van der Waals surface area (Å²) in [6, 6.07) is 14.1. The first-order valence-corrected chi connectivity index (χ1v) is 6.63. The van der Waals surface area contributed by atoms with Gasteiger partial charge in [-0.15, -0.1) is 0 Å². The molecule has 0 radical (unpaired) electrons. The Kier molecular flexibility index (Phi) is 5.03. The quantitative estimate of drug-likeness (QED) is 0.801. The van der Waals surface area contributed by atoms with Crippen LogP contribution in [-0.4, -0.2) is 25.3 Å². The van der Waals surface area contributed by atoms with Gasteiger partial charge < -0.3 is 19.9 Å². The number of nitrogens with one attached hydrogen (secondary N) is 1. The summed E-state index contributed by atoms with van der Waals surface area (Å²) < 4.78 is 10.3. The number of aliphatic carboxylic acids is 1. The molecule has 22 heavy (non-hydrogen) atoms. The average Bonchev–Trinajstić information content (AvgIpc) is 2.55. The van der Waals surface area contributed by atoms with Crippen LogP contribution in [0.1, 0.15) is 5.56 Å². The van der Waals surface area contributed by atoms with Gasteiger partial charge in [-0.25, -0.2) is 4.79 Å². The number of carbonyl (C=O) groups is 1. The maximum absolute atomic E-state index is 11.5. The van der Waals surface area contributed by atoms with Crippen LogP contribution in [0.5, 0.6) is 11.5 Å². The third-order valence-corrected chi connectivity index (χ3v) is 3.11. The van der Waals surface area contributed by atoms with Gasteiger partial charge in [0.1, 0.15) is 11.5 Å². The zero-order valence-electron chi connectivity index (χ0n) is 12.4. The van der Waals surface area contributed by atoms with Gasteiger partial charge in [0.25, 0.3) is 0 Å². The fraction of sp³-hybridized carbons (Fsp3) is 0.118. The summed E-state index contributed by atoms with van der Waals surface area (Å²) in [7, 11) is 3.12. The van der Waals surface area contributed by atoms with Gasteiger partial charge in [0.2, 0.25) is 0 Å². The summed E-state index contributed by atoms with van der Waals surface area (Å²) in [5.41, 5.74) is 1.42. The van der Waals surface area contributed by atoms with Crippen LogP contribution in [-0.2, 0) is 4.79 Å². The Balaban J connectivity index is 2.29. The molecule has 2 N–H and O–H groups in total. The summed E-state index contributed by atoms with van der Waals surface area (Å²) in [5.74, 6) is 0.289. The van der Waals surface area contributed by atoms with Gasteiger partial charge in [0.15, 0.2) is 0 Å². The highest BCUT2D eigenvalue weighted by Gasteiger charge is 2.11. The third-order valence-electron chi connectivity index (χ3n) is 3.11. The van der Waals surface area contributed by atoms with Gasteiger partial charge in [-0.05, 0) is 29.8 Å². The molecule has 2 aromatic carbocycles. The van der Waals surface area contributed by atoms with Gasteiger partial charge >= 0.3 is 5.97 Å². The van der Waals surface area contributed by atoms with E-state index in [4.69, 9.17) is 9.47 Å². The van der Waals surface area contributed by atoms with Crippen LogP contribution in [0.4, 0.5) is 5.69 Å². The van der Waals surface area contributed by atoms with E-state index < -0.39 is 5.97 Å². The van der Waals surface area contributed by atoms with E-state index in [9.17, 15) is 9.90 Å². The van der Waals surface area contributed by atoms with Crippen LogP contribution in [0.15, 0.2) is 54.7 Å². The molecule has 0 saturated heterocycles. The minimum atomic E-state index is -1.02. The molecule has 5 heteroatoms. The predicted molar refractivity (Wildman–Crippen MR) is 85.2 cm³/mol. The smallest absolute Gasteiger partial charge is 0.337 e. The van der Waals surface area contributed by atoms with Gasteiger partial charge in [-0.1, -0.05) is 24.3 Å². The van der Waals surface area contributed by atoms with Crippen LogP contribution in [0.25, 0.3) is 5.57 Å². The van der Waals surface area contributed by atoms with E-state index in [0.717, 1.165) is 0 Å². The van der Waals surface area contributed by atoms with Gasteiger partial charge in [0.05, 0.1) is 25.5 Å². The second-order valence-electron chi connectivity index (χ2n) is 4.44. The number of carboxylic acids is 1. The van der Waals surface area contributed by atoms with Crippen molar-refractivity contribution in [2.75, 3.05) is 19.5 Å². The topological polar surface area (TPSA) is 67.8 Å². The van der Waals surface area contributed by atoms with Crippen molar-refractivity contribution in [3.8, 4) is 11.5 Å². The SMILES string of the molecule is COc1ccc(C(=CNc2ccccc2OC)C(=O)O)cc1. The molecule has 0 aromatic heterocycles. The molecule has 0 atom stereocenters. The zero-order chi connectivity index (χ0) is 15.9. The van der Waals surface area contributed by atoms with Crippen molar-refractivity contribution in [3.05, 3.63) is 60.3 Å². The lowest BCUT2D eigenvalue weighted by atomic mass is 10.1. The Bertz CT molecular complexity index is 677. The zero-order valence-corrected chi connectivity index (χ0v) is 12.4. The lowest BCUT2D eigenvalue weighted by Crippen LogP contribution is -2.03. The second kappa shape index (κ2) is 7.17. The monoisotopic (exact) mass is 299 g/mol. The maximum atomic E-state index is 11.5. The number of hydrogen-bond donors (Lipinski definition) is 2. The highest BCUT2D eigenvalue weighted by molar-refractivity contribution is 6.15. The first kappa shape index (κ1) is 15.4. The van der Waals surface area contributed by atoms with Crippen LogP contribution >= 0.6 is 0 Å². The summed E-state index contributed by atoms with van der Waals surface area (Å²) in [4.78, 5) is 11.5. The first-order valence-electron chi connectivity index (χ1n) is 6.63. The average molecular weight is 299 g/mol. The van der Waals surface area contributed by atoms with Crippen molar-refractivity contribution < 1.29 is 19.4 Å². The first-order chi connectivity index (χ1) is 10.7. The van der Waals surface area contributed by atoms with Crippen molar-refractivity contribution >= 4 is 17.2 Å². The Morgan fingerprint density at radius 1 is 1.05 bits per heavy atom. The van der Waals surface area contributed by atoms with Crippen LogP contribution < -0.4 is 14.8 Å². The van der Waals surface area contributed by atoms with Gasteiger partial charge in [0, 0.05) is 6.20 Å². The molecule has 0 aliphatic carbocycles. The number of anilines is 1. The normalized spacial score (nSPS) is 10.9. The summed E-state index contributed by atoms with van der Waals surface area (Å²) in [6.45, 7) is 0. The number of ether oxygens (including phenoxy) is 2. The van der Waals surface area contributed by atoms with E-state index >= 15 is 0 Å². The molecule has 5 nitrogen and oxygen atoms in total. The Morgan fingerprint density at radius 3 is 2.32 bits per heavy atom. The molecular formula is C17H17NO4. The highest BCUT2D eigenvalue weighted by atomic mass is 16.5. The van der Waals surface area contributed by atoms with E-state index in [1.54, 1.807) is 44.6 Å². The lowest BCUT2D eigenvalue weighted by Gasteiger charge is -2.09. The lowest BCUT2D eigenvalue weighted by molar-refractivity contribution is -0.130. The van der Waals surface area contributed by atoms with Crippen molar-refractivity contribution in [1.82, 2.24) is 0 Å². The second-order valence-corrected chi connectivity index (χ2v) is 4.44. The van der Waals surface area contributed by atoms with E-state index in [0.29, 0.717) is 22.7 Å². The number of para-hydroxylation sites is 2. The van der Waals surface area contributed by atoms with Gasteiger partial charge in [-0.2, -0.15) is 0 Å². The standard InChI is InChI=1S/C17H17NO4/c1-21-13-9-7-12(8-10-13)14(17(19)20)11-18-15-5-3-4-6-16(15)22-2/h3-11,18H,1-2H3,(H,19,20). The Morgan fingerprint density at radius 2 is 1.73 bits per heavy atom. The number of methoxy groups -OCH3 is 2. The predicted octanol–water partition coefficient (Wildman–Crippen LogP) is 3.24. The number of hydrogen-bond acceptors (Lipinski definition) is 4. The minimum Gasteiger partial charge on any atom is -0.497 e. The van der Waals surface area contributed by atoms with Crippen LogP contribution in [0.2, 0.25) is 0 Å². The molecule has 2 rings (SSSR count).